The lowest BCUT2D eigenvalue weighted by Gasteiger charge is -2.20. The minimum absolute atomic E-state index is 0.210. The first kappa shape index (κ1) is 22.3. The number of carbonyl (C=O) groups is 3. The van der Waals surface area contributed by atoms with Crippen LogP contribution in [0.2, 0.25) is 5.02 Å². The van der Waals surface area contributed by atoms with Crippen molar-refractivity contribution in [3.63, 3.8) is 0 Å². The summed E-state index contributed by atoms with van der Waals surface area (Å²) in [6.07, 6.45) is 2.69. The Hall–Kier alpha value is -3.91. The number of pyridine rings is 1. The molecule has 2 aromatic carbocycles. The number of urea groups is 1. The van der Waals surface area contributed by atoms with Gasteiger partial charge in [-0.25, -0.2) is 9.59 Å². The van der Waals surface area contributed by atoms with E-state index < -0.39 is 18.0 Å². The summed E-state index contributed by atoms with van der Waals surface area (Å²) >= 11 is 6.05. The monoisotopic (exact) mass is 464 g/mol. The molecular formula is C24H21ClN4O4. The van der Waals surface area contributed by atoms with E-state index in [1.54, 1.807) is 54.7 Å². The van der Waals surface area contributed by atoms with E-state index in [0.717, 1.165) is 11.1 Å². The third kappa shape index (κ3) is 5.12. The number of carboxylic acids is 1. The lowest BCUT2D eigenvalue weighted by molar-refractivity contribution is -0.141. The first-order chi connectivity index (χ1) is 15.9. The number of aromatic nitrogens is 1. The number of para-hydroxylation sites is 1. The highest BCUT2D eigenvalue weighted by molar-refractivity contribution is 6.33. The van der Waals surface area contributed by atoms with Crippen LogP contribution in [0.4, 0.5) is 16.2 Å². The van der Waals surface area contributed by atoms with Crippen molar-refractivity contribution < 1.29 is 19.5 Å². The van der Waals surface area contributed by atoms with E-state index in [9.17, 15) is 19.5 Å². The van der Waals surface area contributed by atoms with Crippen molar-refractivity contribution in [3.8, 4) is 11.1 Å². The number of benzene rings is 2. The zero-order valence-electron chi connectivity index (χ0n) is 17.5. The largest absolute Gasteiger partial charge is 0.480 e. The Morgan fingerprint density at radius 3 is 2.36 bits per heavy atom. The maximum atomic E-state index is 12.7. The van der Waals surface area contributed by atoms with Gasteiger partial charge in [-0.1, -0.05) is 41.9 Å². The number of halogens is 1. The zero-order chi connectivity index (χ0) is 23.4. The molecule has 0 saturated carbocycles. The topological polar surface area (TPSA) is 112 Å². The standard InChI is InChI=1S/C24H21ClN4O4/c25-18-4-1-2-5-19(18)28-24(33)27-17-10-7-15(8-11-17)16-9-12-20(26-14-16)22(30)29-13-3-6-21(29)23(31)32/h1-2,4-5,7-12,14,21H,3,6,13H2,(H,31,32)(H2,27,28,33)/t21-/m0/s1. The second-order valence-electron chi connectivity index (χ2n) is 7.56. The Labute approximate surface area is 195 Å². The Balaban J connectivity index is 1.40. The summed E-state index contributed by atoms with van der Waals surface area (Å²) < 4.78 is 0. The number of anilines is 2. The molecule has 1 aliphatic heterocycles. The molecule has 0 aliphatic carbocycles. The highest BCUT2D eigenvalue weighted by Crippen LogP contribution is 2.24. The molecule has 1 aliphatic rings. The van der Waals surface area contributed by atoms with Gasteiger partial charge in [-0.3, -0.25) is 9.78 Å². The van der Waals surface area contributed by atoms with Crippen LogP contribution in [0.25, 0.3) is 11.1 Å². The Morgan fingerprint density at radius 1 is 0.970 bits per heavy atom. The first-order valence-corrected chi connectivity index (χ1v) is 10.7. The molecule has 0 bridgehead atoms. The number of nitrogens with zero attached hydrogens (tertiary/aromatic N) is 2. The average molecular weight is 465 g/mol. The van der Waals surface area contributed by atoms with Gasteiger partial charge in [0.15, 0.2) is 0 Å². The number of carboxylic acid groups (broad SMARTS) is 1. The van der Waals surface area contributed by atoms with Gasteiger partial charge in [0.05, 0.1) is 10.7 Å². The lowest BCUT2D eigenvalue weighted by Crippen LogP contribution is -2.40. The molecule has 168 valence electrons. The fourth-order valence-corrected chi connectivity index (χ4v) is 3.88. The van der Waals surface area contributed by atoms with Gasteiger partial charge in [0.2, 0.25) is 0 Å². The molecule has 1 saturated heterocycles. The van der Waals surface area contributed by atoms with E-state index in [1.807, 2.05) is 12.1 Å². The molecule has 3 N–H and O–H groups in total. The van der Waals surface area contributed by atoms with Crippen LogP contribution in [0.3, 0.4) is 0 Å². The molecular weight excluding hydrogens is 444 g/mol. The van der Waals surface area contributed by atoms with Crippen LogP contribution in [0.15, 0.2) is 66.9 Å². The van der Waals surface area contributed by atoms with Crippen LogP contribution < -0.4 is 10.6 Å². The fourth-order valence-electron chi connectivity index (χ4n) is 3.70. The second kappa shape index (κ2) is 9.70. The molecule has 4 rings (SSSR count). The average Bonchev–Trinajstić information content (AvgIpc) is 3.31. The number of aliphatic carboxylic acids is 1. The van der Waals surface area contributed by atoms with E-state index in [4.69, 9.17) is 11.6 Å². The SMILES string of the molecule is O=C(Nc1ccc(-c2ccc(C(=O)N3CCC[C@H]3C(=O)O)nc2)cc1)Nc1ccccc1Cl. The van der Waals surface area contributed by atoms with Crippen molar-refractivity contribution in [1.82, 2.24) is 9.88 Å². The molecule has 2 heterocycles. The third-order valence-electron chi connectivity index (χ3n) is 5.38. The van der Waals surface area contributed by atoms with Crippen LogP contribution in [-0.4, -0.2) is 45.5 Å². The van der Waals surface area contributed by atoms with Gasteiger partial charge in [-0.05, 0) is 48.7 Å². The number of rotatable bonds is 5. The van der Waals surface area contributed by atoms with Gasteiger partial charge in [0.1, 0.15) is 11.7 Å². The molecule has 3 amide bonds. The number of carbonyl (C=O) groups excluding carboxylic acids is 2. The van der Waals surface area contributed by atoms with Crippen molar-refractivity contribution in [2.75, 3.05) is 17.2 Å². The van der Waals surface area contributed by atoms with Crippen molar-refractivity contribution >= 4 is 40.9 Å². The Bertz CT molecular complexity index is 1180. The van der Waals surface area contributed by atoms with E-state index in [-0.39, 0.29) is 11.6 Å². The summed E-state index contributed by atoms with van der Waals surface area (Å²) in [7, 11) is 0. The van der Waals surface area contributed by atoms with E-state index in [0.29, 0.717) is 35.8 Å². The van der Waals surface area contributed by atoms with Crippen molar-refractivity contribution in [2.45, 2.75) is 18.9 Å². The summed E-state index contributed by atoms with van der Waals surface area (Å²) in [5, 5.41) is 15.2. The van der Waals surface area contributed by atoms with Gasteiger partial charge in [-0.2, -0.15) is 0 Å². The molecule has 1 atom stereocenters. The molecule has 33 heavy (non-hydrogen) atoms. The minimum atomic E-state index is -0.994. The number of hydrogen-bond donors (Lipinski definition) is 3. The summed E-state index contributed by atoms with van der Waals surface area (Å²) in [6.45, 7) is 0.414. The number of likely N-dealkylation sites (tertiary alicyclic amines) is 1. The van der Waals surface area contributed by atoms with E-state index in [1.165, 1.54) is 4.90 Å². The van der Waals surface area contributed by atoms with Gasteiger partial charge in [0, 0.05) is 24.0 Å². The first-order valence-electron chi connectivity index (χ1n) is 10.3. The number of hydrogen-bond acceptors (Lipinski definition) is 4. The highest BCUT2D eigenvalue weighted by atomic mass is 35.5. The van der Waals surface area contributed by atoms with Crippen LogP contribution in [0.1, 0.15) is 23.3 Å². The van der Waals surface area contributed by atoms with Crippen LogP contribution in [-0.2, 0) is 4.79 Å². The Morgan fingerprint density at radius 2 is 1.70 bits per heavy atom. The van der Waals surface area contributed by atoms with Crippen LogP contribution >= 0.6 is 11.6 Å². The van der Waals surface area contributed by atoms with Gasteiger partial charge in [-0.15, -0.1) is 0 Å². The maximum Gasteiger partial charge on any atom is 0.326 e. The number of amides is 3. The molecule has 0 radical (unpaired) electrons. The van der Waals surface area contributed by atoms with Crippen LogP contribution in [0.5, 0.6) is 0 Å². The second-order valence-corrected chi connectivity index (χ2v) is 7.97. The molecule has 9 heteroatoms. The minimum Gasteiger partial charge on any atom is -0.480 e. The highest BCUT2D eigenvalue weighted by Gasteiger charge is 2.34. The van der Waals surface area contributed by atoms with E-state index in [2.05, 4.69) is 15.6 Å². The van der Waals surface area contributed by atoms with Crippen LogP contribution in [0, 0.1) is 0 Å². The predicted octanol–water partition coefficient (Wildman–Crippen LogP) is 4.74. The summed E-state index contributed by atoms with van der Waals surface area (Å²) in [6, 6.07) is 16.2. The third-order valence-corrected chi connectivity index (χ3v) is 5.71. The van der Waals surface area contributed by atoms with Gasteiger partial charge >= 0.3 is 12.0 Å². The molecule has 1 fully saturated rings. The van der Waals surface area contributed by atoms with Gasteiger partial charge < -0.3 is 20.6 Å². The molecule has 3 aromatic rings. The maximum absolute atomic E-state index is 12.7. The van der Waals surface area contributed by atoms with E-state index >= 15 is 0 Å². The molecule has 8 nitrogen and oxygen atoms in total. The summed E-state index contributed by atoms with van der Waals surface area (Å²) in [5.74, 6) is -1.37. The smallest absolute Gasteiger partial charge is 0.326 e. The summed E-state index contributed by atoms with van der Waals surface area (Å²) in [4.78, 5) is 41.8. The molecule has 1 aromatic heterocycles. The molecule has 0 spiro atoms. The zero-order valence-corrected chi connectivity index (χ0v) is 18.2. The molecule has 0 unspecified atom stereocenters. The Kier molecular flexibility index (Phi) is 6.55. The lowest BCUT2D eigenvalue weighted by atomic mass is 10.1. The predicted molar refractivity (Wildman–Crippen MR) is 125 cm³/mol. The van der Waals surface area contributed by atoms with Crippen molar-refractivity contribution in [3.05, 3.63) is 77.6 Å². The van der Waals surface area contributed by atoms with Crippen molar-refractivity contribution in [1.29, 1.82) is 0 Å². The van der Waals surface area contributed by atoms with Gasteiger partial charge in [0.25, 0.3) is 5.91 Å². The quantitative estimate of drug-likeness (QED) is 0.505. The number of nitrogens with one attached hydrogen (secondary N) is 2. The summed E-state index contributed by atoms with van der Waals surface area (Å²) in [5.41, 5.74) is 2.95. The normalized spacial score (nSPS) is 15.2. The fraction of sp³-hybridized carbons (Fsp3) is 0.167. The van der Waals surface area contributed by atoms with Crippen molar-refractivity contribution in [2.24, 2.45) is 0 Å².